The number of hydrogen-bond donors (Lipinski definition) is 1. The average Bonchev–Trinajstić information content (AvgIpc) is 2.72. The molecule has 1 aromatic rings. The Hall–Kier alpha value is -0.130. The van der Waals surface area contributed by atoms with Gasteiger partial charge in [-0.05, 0) is 46.1 Å². The molecule has 1 rings (SSSR count). The Morgan fingerprint density at radius 1 is 1.26 bits per heavy atom. The molecule has 19 heavy (non-hydrogen) atoms. The maximum Gasteiger partial charge on any atom is 0.0931 e. The summed E-state index contributed by atoms with van der Waals surface area (Å²) in [5.74, 6) is 0. The molecule has 110 valence electrons. The van der Waals surface area contributed by atoms with Gasteiger partial charge in [0.25, 0.3) is 0 Å². The van der Waals surface area contributed by atoms with E-state index < -0.39 is 0 Å². The van der Waals surface area contributed by atoms with Crippen LogP contribution in [0.5, 0.6) is 0 Å². The van der Waals surface area contributed by atoms with Crippen LogP contribution in [0.2, 0.25) is 4.34 Å². The van der Waals surface area contributed by atoms with Crippen molar-refractivity contribution in [2.24, 2.45) is 5.73 Å². The summed E-state index contributed by atoms with van der Waals surface area (Å²) in [4.78, 5) is 5.96. The van der Waals surface area contributed by atoms with Crippen LogP contribution < -0.4 is 5.73 Å². The fourth-order valence-electron chi connectivity index (χ4n) is 2.26. The van der Waals surface area contributed by atoms with Crippen LogP contribution in [0, 0.1) is 0 Å². The van der Waals surface area contributed by atoms with Crippen molar-refractivity contribution < 1.29 is 0 Å². The van der Waals surface area contributed by atoms with Crippen LogP contribution in [0.15, 0.2) is 12.1 Å². The summed E-state index contributed by atoms with van der Waals surface area (Å²) < 4.78 is 0.838. The first-order valence-electron chi connectivity index (χ1n) is 6.85. The molecule has 0 amide bonds. The second kappa shape index (κ2) is 8.22. The summed E-state index contributed by atoms with van der Waals surface area (Å²) in [5.41, 5.74) is 6.22. The monoisotopic (exact) mass is 303 g/mol. The first-order chi connectivity index (χ1) is 8.95. The highest BCUT2D eigenvalue weighted by molar-refractivity contribution is 7.16. The Kier molecular flexibility index (Phi) is 7.32. The summed E-state index contributed by atoms with van der Waals surface area (Å²) in [6.45, 7) is 7.43. The lowest BCUT2D eigenvalue weighted by atomic mass is 10.1. The van der Waals surface area contributed by atoms with E-state index in [9.17, 15) is 0 Å². The van der Waals surface area contributed by atoms with Crippen LogP contribution in [-0.4, -0.2) is 49.6 Å². The minimum Gasteiger partial charge on any atom is -0.326 e. The molecular formula is C14H26ClN3S. The van der Waals surface area contributed by atoms with Crippen molar-refractivity contribution in [3.05, 3.63) is 21.3 Å². The molecule has 0 aliphatic rings. The van der Waals surface area contributed by atoms with E-state index in [0.717, 1.165) is 30.4 Å². The molecule has 2 atom stereocenters. The fourth-order valence-corrected chi connectivity index (χ4v) is 3.58. The molecule has 0 radical (unpaired) electrons. The quantitative estimate of drug-likeness (QED) is 0.801. The molecule has 0 saturated carbocycles. The van der Waals surface area contributed by atoms with E-state index in [1.165, 1.54) is 4.88 Å². The third kappa shape index (κ3) is 5.40. The molecule has 0 spiro atoms. The number of rotatable bonds is 8. The standard InChI is InChI=1S/C14H26ClN3S/c1-5-8-18(10-9-17(3)4)14(11(2)16)12-6-7-13(15)19-12/h6-7,11,14H,5,8-10,16H2,1-4H3. The molecule has 3 nitrogen and oxygen atoms in total. The fraction of sp³-hybridized carbons (Fsp3) is 0.714. The predicted octanol–water partition coefficient (Wildman–Crippen LogP) is 3.06. The van der Waals surface area contributed by atoms with Crippen molar-refractivity contribution >= 4 is 22.9 Å². The molecule has 0 fully saturated rings. The molecule has 1 aromatic heterocycles. The highest BCUT2D eigenvalue weighted by Gasteiger charge is 2.24. The van der Waals surface area contributed by atoms with Gasteiger partial charge in [0.05, 0.1) is 10.4 Å². The largest absolute Gasteiger partial charge is 0.326 e. The Balaban J connectivity index is 2.85. The third-order valence-electron chi connectivity index (χ3n) is 3.12. The topological polar surface area (TPSA) is 32.5 Å². The van der Waals surface area contributed by atoms with Gasteiger partial charge >= 0.3 is 0 Å². The van der Waals surface area contributed by atoms with E-state index in [2.05, 4.69) is 43.8 Å². The number of halogens is 1. The Bertz CT molecular complexity index is 365. The number of thiophene rings is 1. The molecule has 2 N–H and O–H groups in total. The molecular weight excluding hydrogens is 278 g/mol. The first-order valence-corrected chi connectivity index (χ1v) is 8.04. The minimum atomic E-state index is 0.100. The van der Waals surface area contributed by atoms with Gasteiger partial charge in [0.2, 0.25) is 0 Å². The summed E-state index contributed by atoms with van der Waals surface area (Å²) in [5, 5.41) is 0. The van der Waals surface area contributed by atoms with Crippen molar-refractivity contribution in [3.63, 3.8) is 0 Å². The van der Waals surface area contributed by atoms with Crippen LogP contribution in [0.1, 0.15) is 31.2 Å². The number of likely N-dealkylation sites (N-methyl/N-ethyl adjacent to an activating group) is 1. The van der Waals surface area contributed by atoms with Crippen LogP contribution in [0.25, 0.3) is 0 Å². The van der Waals surface area contributed by atoms with E-state index in [1.807, 2.05) is 6.07 Å². The van der Waals surface area contributed by atoms with E-state index in [4.69, 9.17) is 17.3 Å². The van der Waals surface area contributed by atoms with Gasteiger partial charge in [0.15, 0.2) is 0 Å². The van der Waals surface area contributed by atoms with Gasteiger partial charge in [0.1, 0.15) is 0 Å². The van der Waals surface area contributed by atoms with E-state index in [1.54, 1.807) is 11.3 Å². The van der Waals surface area contributed by atoms with Crippen molar-refractivity contribution in [2.45, 2.75) is 32.4 Å². The molecule has 1 heterocycles. The van der Waals surface area contributed by atoms with Crippen molar-refractivity contribution in [1.29, 1.82) is 0 Å². The highest BCUT2D eigenvalue weighted by Crippen LogP contribution is 2.32. The molecule has 0 aliphatic carbocycles. The first kappa shape index (κ1) is 16.9. The van der Waals surface area contributed by atoms with Crippen molar-refractivity contribution in [1.82, 2.24) is 9.80 Å². The molecule has 5 heteroatoms. The van der Waals surface area contributed by atoms with Gasteiger partial charge < -0.3 is 10.6 Å². The van der Waals surface area contributed by atoms with Crippen LogP contribution in [-0.2, 0) is 0 Å². The summed E-state index contributed by atoms with van der Waals surface area (Å²) in [6, 6.07) is 4.44. The smallest absolute Gasteiger partial charge is 0.0931 e. The second-order valence-corrected chi connectivity index (χ2v) is 7.03. The molecule has 0 bridgehead atoms. The van der Waals surface area contributed by atoms with Gasteiger partial charge in [-0.2, -0.15) is 0 Å². The summed E-state index contributed by atoms with van der Waals surface area (Å²) in [7, 11) is 4.21. The van der Waals surface area contributed by atoms with E-state index >= 15 is 0 Å². The number of nitrogens with zero attached hydrogens (tertiary/aromatic N) is 2. The molecule has 0 aliphatic heterocycles. The maximum absolute atomic E-state index is 6.22. The zero-order valence-corrected chi connectivity index (χ0v) is 14.0. The molecule has 2 unspecified atom stereocenters. The zero-order valence-electron chi connectivity index (χ0n) is 12.4. The van der Waals surface area contributed by atoms with E-state index in [0.29, 0.717) is 0 Å². The Morgan fingerprint density at radius 2 is 1.95 bits per heavy atom. The van der Waals surface area contributed by atoms with Crippen molar-refractivity contribution in [2.75, 3.05) is 33.7 Å². The number of nitrogens with two attached hydrogens (primary N) is 1. The summed E-state index contributed by atoms with van der Waals surface area (Å²) >= 11 is 7.71. The Morgan fingerprint density at radius 3 is 2.37 bits per heavy atom. The lowest BCUT2D eigenvalue weighted by Gasteiger charge is -2.34. The normalized spacial score (nSPS) is 15.2. The maximum atomic E-state index is 6.22. The lowest BCUT2D eigenvalue weighted by Crippen LogP contribution is -2.42. The van der Waals surface area contributed by atoms with Crippen LogP contribution >= 0.6 is 22.9 Å². The van der Waals surface area contributed by atoms with Gasteiger partial charge in [-0.25, -0.2) is 0 Å². The van der Waals surface area contributed by atoms with Gasteiger partial charge in [-0.15, -0.1) is 11.3 Å². The average molecular weight is 304 g/mol. The SMILES string of the molecule is CCCN(CCN(C)C)C(c1ccc(Cl)s1)C(C)N. The van der Waals surface area contributed by atoms with Crippen molar-refractivity contribution in [3.8, 4) is 0 Å². The number of hydrogen-bond acceptors (Lipinski definition) is 4. The third-order valence-corrected chi connectivity index (χ3v) is 4.42. The summed E-state index contributed by atoms with van der Waals surface area (Å²) in [6.07, 6.45) is 1.13. The van der Waals surface area contributed by atoms with E-state index in [-0.39, 0.29) is 12.1 Å². The van der Waals surface area contributed by atoms with Gasteiger partial charge in [0, 0.05) is 24.0 Å². The van der Waals surface area contributed by atoms with Gasteiger partial charge in [-0.1, -0.05) is 18.5 Å². The second-order valence-electron chi connectivity index (χ2n) is 5.29. The predicted molar refractivity (Wildman–Crippen MR) is 86.1 cm³/mol. The highest BCUT2D eigenvalue weighted by atomic mass is 35.5. The molecule has 0 saturated heterocycles. The minimum absolute atomic E-state index is 0.100. The Labute approximate surface area is 126 Å². The van der Waals surface area contributed by atoms with Crippen LogP contribution in [0.4, 0.5) is 0 Å². The lowest BCUT2D eigenvalue weighted by molar-refractivity contribution is 0.163. The molecule has 0 aromatic carbocycles. The van der Waals surface area contributed by atoms with Gasteiger partial charge in [-0.3, -0.25) is 4.90 Å². The zero-order chi connectivity index (χ0) is 14.4. The van der Waals surface area contributed by atoms with Crippen LogP contribution in [0.3, 0.4) is 0 Å².